The van der Waals surface area contributed by atoms with Gasteiger partial charge in [-0.05, 0) is 12.5 Å². The van der Waals surface area contributed by atoms with E-state index in [-0.39, 0.29) is 5.82 Å². The normalized spacial score (nSPS) is 10.9. The van der Waals surface area contributed by atoms with Gasteiger partial charge in [-0.15, -0.1) is 0 Å². The minimum Gasteiger partial charge on any atom is -0.380 e. The Bertz CT molecular complexity index is 524. The first-order valence-corrected chi connectivity index (χ1v) is 3.82. The molecule has 2 heterocycles. The number of aryl methyl sites for hydroxylation is 2. The molecule has 5 heteroatoms. The molecule has 0 fully saturated rings. The van der Waals surface area contributed by atoms with Gasteiger partial charge >= 0.3 is 5.63 Å². The highest BCUT2D eigenvalue weighted by Crippen LogP contribution is 2.20. The lowest BCUT2D eigenvalue weighted by Crippen LogP contribution is -2.07. The van der Waals surface area contributed by atoms with Gasteiger partial charge in [0.2, 0.25) is 0 Å². The second-order valence-corrected chi connectivity index (χ2v) is 3.00. The average molecular weight is 179 g/mol. The molecule has 0 aromatic carbocycles. The molecule has 0 saturated heterocycles. The van der Waals surface area contributed by atoms with E-state index in [0.29, 0.717) is 10.9 Å². The van der Waals surface area contributed by atoms with E-state index < -0.39 is 5.63 Å². The van der Waals surface area contributed by atoms with Crippen LogP contribution in [0.2, 0.25) is 0 Å². The first kappa shape index (κ1) is 7.85. The van der Waals surface area contributed by atoms with Crippen molar-refractivity contribution in [1.29, 1.82) is 0 Å². The number of nitrogen functional groups attached to an aromatic ring is 1. The molecule has 0 aliphatic heterocycles. The molecule has 0 spiro atoms. The van der Waals surface area contributed by atoms with Gasteiger partial charge in [0.15, 0.2) is 5.82 Å². The van der Waals surface area contributed by atoms with Gasteiger partial charge in [-0.25, -0.2) is 4.79 Å². The molecule has 0 radical (unpaired) electrons. The molecular weight excluding hydrogens is 170 g/mol. The monoisotopic (exact) mass is 179 g/mol. The van der Waals surface area contributed by atoms with E-state index >= 15 is 0 Å². The molecule has 0 unspecified atom stereocenters. The molecule has 0 saturated carbocycles. The van der Waals surface area contributed by atoms with Gasteiger partial charge in [0.25, 0.3) is 0 Å². The van der Waals surface area contributed by atoms with Crippen LogP contribution in [-0.2, 0) is 7.05 Å². The SMILES string of the molecule is Cc1cn(C)c2c(=O)onc(N)c12. The molecule has 0 aliphatic carbocycles. The fraction of sp³-hybridized carbons (Fsp3) is 0.250. The van der Waals surface area contributed by atoms with Crippen LogP contribution in [0.25, 0.3) is 10.9 Å². The molecule has 0 bridgehead atoms. The molecule has 68 valence electrons. The van der Waals surface area contributed by atoms with Crippen molar-refractivity contribution in [1.82, 2.24) is 9.72 Å². The zero-order chi connectivity index (χ0) is 9.59. The minimum absolute atomic E-state index is 0.257. The molecule has 2 aromatic rings. The molecule has 0 aliphatic rings. The van der Waals surface area contributed by atoms with E-state index in [9.17, 15) is 4.79 Å². The molecule has 2 rings (SSSR count). The zero-order valence-electron chi connectivity index (χ0n) is 7.37. The summed E-state index contributed by atoms with van der Waals surface area (Å²) in [6.07, 6.45) is 1.82. The number of nitrogens with two attached hydrogens (primary N) is 1. The summed E-state index contributed by atoms with van der Waals surface area (Å²) in [6, 6.07) is 0. The second-order valence-electron chi connectivity index (χ2n) is 3.00. The predicted octanol–water partition coefficient (Wildman–Crippen LogP) is 0.417. The number of anilines is 1. The number of fused-ring (bicyclic) bond motifs is 1. The quantitative estimate of drug-likeness (QED) is 0.635. The lowest BCUT2D eigenvalue weighted by Gasteiger charge is -1.94. The molecular formula is C8H9N3O2. The standard InChI is InChI=1S/C8H9N3O2/c1-4-3-11(2)6-5(4)7(9)10-13-8(6)12/h3H,1-2H3,(H2,9,10). The van der Waals surface area contributed by atoms with E-state index in [4.69, 9.17) is 5.73 Å². The van der Waals surface area contributed by atoms with Crippen LogP contribution in [0.4, 0.5) is 5.82 Å². The van der Waals surface area contributed by atoms with E-state index in [1.54, 1.807) is 11.6 Å². The van der Waals surface area contributed by atoms with Crippen LogP contribution in [-0.4, -0.2) is 9.72 Å². The smallest absolute Gasteiger partial charge is 0.380 e. The van der Waals surface area contributed by atoms with E-state index in [1.165, 1.54) is 0 Å². The van der Waals surface area contributed by atoms with Crippen LogP contribution in [0.5, 0.6) is 0 Å². The van der Waals surface area contributed by atoms with Crippen LogP contribution in [0, 0.1) is 6.92 Å². The molecule has 0 amide bonds. The van der Waals surface area contributed by atoms with Crippen molar-refractivity contribution < 1.29 is 4.52 Å². The van der Waals surface area contributed by atoms with Crippen molar-refractivity contribution in [2.24, 2.45) is 7.05 Å². The van der Waals surface area contributed by atoms with Crippen molar-refractivity contribution in [2.45, 2.75) is 6.92 Å². The Morgan fingerprint density at radius 3 is 2.92 bits per heavy atom. The van der Waals surface area contributed by atoms with Crippen LogP contribution >= 0.6 is 0 Å². The summed E-state index contributed by atoms with van der Waals surface area (Å²) in [4.78, 5) is 11.3. The number of rotatable bonds is 0. The lowest BCUT2D eigenvalue weighted by atomic mass is 10.2. The van der Waals surface area contributed by atoms with E-state index in [0.717, 1.165) is 5.56 Å². The molecule has 5 nitrogen and oxygen atoms in total. The van der Waals surface area contributed by atoms with Crippen molar-refractivity contribution >= 4 is 16.7 Å². The Kier molecular flexibility index (Phi) is 1.42. The Hall–Kier alpha value is -1.78. The summed E-state index contributed by atoms with van der Waals surface area (Å²) < 4.78 is 6.20. The first-order valence-electron chi connectivity index (χ1n) is 3.82. The third kappa shape index (κ3) is 0.932. The van der Waals surface area contributed by atoms with E-state index in [1.807, 2.05) is 13.1 Å². The topological polar surface area (TPSA) is 74.0 Å². The zero-order valence-corrected chi connectivity index (χ0v) is 7.37. The van der Waals surface area contributed by atoms with Crippen LogP contribution in [0.3, 0.4) is 0 Å². The maximum absolute atomic E-state index is 11.3. The number of hydrogen-bond acceptors (Lipinski definition) is 4. The summed E-state index contributed by atoms with van der Waals surface area (Å²) in [5, 5.41) is 4.14. The number of hydrogen-bond donors (Lipinski definition) is 1. The maximum Gasteiger partial charge on any atom is 0.382 e. The summed E-state index contributed by atoms with van der Waals surface area (Å²) in [5.41, 5.74) is 6.51. The third-order valence-corrected chi connectivity index (χ3v) is 2.05. The van der Waals surface area contributed by atoms with Gasteiger partial charge in [0, 0.05) is 13.2 Å². The Morgan fingerprint density at radius 1 is 1.62 bits per heavy atom. The van der Waals surface area contributed by atoms with Gasteiger partial charge in [-0.3, -0.25) is 0 Å². The highest BCUT2D eigenvalue weighted by Gasteiger charge is 2.12. The van der Waals surface area contributed by atoms with Gasteiger partial charge in [-0.2, -0.15) is 0 Å². The summed E-state index contributed by atoms with van der Waals surface area (Å²) in [6.45, 7) is 1.87. The lowest BCUT2D eigenvalue weighted by molar-refractivity contribution is 0.380. The van der Waals surface area contributed by atoms with Crippen molar-refractivity contribution in [3.05, 3.63) is 22.2 Å². The predicted molar refractivity (Wildman–Crippen MR) is 48.4 cm³/mol. The molecule has 2 aromatic heterocycles. The first-order chi connectivity index (χ1) is 6.11. The average Bonchev–Trinajstić information content (AvgIpc) is 2.36. The maximum atomic E-state index is 11.3. The van der Waals surface area contributed by atoms with Gasteiger partial charge in [-0.1, -0.05) is 5.16 Å². The van der Waals surface area contributed by atoms with Gasteiger partial charge in [0.05, 0.1) is 5.39 Å². The molecule has 13 heavy (non-hydrogen) atoms. The fourth-order valence-corrected chi connectivity index (χ4v) is 1.53. The highest BCUT2D eigenvalue weighted by molar-refractivity contribution is 5.90. The van der Waals surface area contributed by atoms with Crippen LogP contribution in [0.15, 0.2) is 15.5 Å². The molecule has 0 atom stereocenters. The summed E-state index contributed by atoms with van der Waals surface area (Å²) >= 11 is 0. The fourth-order valence-electron chi connectivity index (χ4n) is 1.53. The Morgan fingerprint density at radius 2 is 2.31 bits per heavy atom. The van der Waals surface area contributed by atoms with Gasteiger partial charge in [0.1, 0.15) is 5.52 Å². The molecule has 2 N–H and O–H groups in total. The van der Waals surface area contributed by atoms with Crippen LogP contribution < -0.4 is 11.4 Å². The van der Waals surface area contributed by atoms with Gasteiger partial charge < -0.3 is 14.8 Å². The number of aromatic nitrogens is 2. The Labute approximate surface area is 73.7 Å². The summed E-state index contributed by atoms with van der Waals surface area (Å²) in [7, 11) is 1.77. The number of nitrogens with zero attached hydrogens (tertiary/aromatic N) is 2. The minimum atomic E-state index is -0.459. The summed E-state index contributed by atoms with van der Waals surface area (Å²) in [5.74, 6) is 0.257. The van der Waals surface area contributed by atoms with E-state index in [2.05, 4.69) is 9.68 Å². The second kappa shape index (κ2) is 2.35. The third-order valence-electron chi connectivity index (χ3n) is 2.05. The van der Waals surface area contributed by atoms with Crippen molar-refractivity contribution in [3.63, 3.8) is 0 Å². The van der Waals surface area contributed by atoms with Crippen LogP contribution in [0.1, 0.15) is 5.56 Å². The highest BCUT2D eigenvalue weighted by atomic mass is 16.5. The largest absolute Gasteiger partial charge is 0.382 e. The Balaban J connectivity index is 3.12. The van der Waals surface area contributed by atoms with Crippen molar-refractivity contribution in [2.75, 3.05) is 5.73 Å². The van der Waals surface area contributed by atoms with Crippen molar-refractivity contribution in [3.8, 4) is 0 Å².